The molecule has 0 aliphatic heterocycles. The van der Waals surface area contributed by atoms with E-state index in [1.54, 1.807) is 38.1 Å². The molecule has 0 bridgehead atoms. The predicted molar refractivity (Wildman–Crippen MR) is 86.2 cm³/mol. The Morgan fingerprint density at radius 1 is 1.00 bits per heavy atom. The largest absolute Gasteiger partial charge is 0.301 e. The second kappa shape index (κ2) is 6.42. The molecule has 0 saturated heterocycles. The molecule has 0 heterocycles. The van der Waals surface area contributed by atoms with E-state index in [4.69, 9.17) is 0 Å². The van der Waals surface area contributed by atoms with E-state index in [9.17, 15) is 13.2 Å². The lowest BCUT2D eigenvalue weighted by molar-refractivity contribution is -0.109. The Kier molecular flexibility index (Phi) is 4.78. The van der Waals surface area contributed by atoms with Crippen molar-refractivity contribution in [1.29, 1.82) is 0 Å². The maximum atomic E-state index is 12.7. The average molecular weight is 317 g/mol. The molecule has 0 aliphatic carbocycles. The molecule has 4 nitrogen and oxygen atoms in total. The smallest absolute Gasteiger partial charge is 0.242 e. The van der Waals surface area contributed by atoms with Gasteiger partial charge in [0.25, 0.3) is 0 Å². The molecular weight excluding hydrogens is 298 g/mol. The van der Waals surface area contributed by atoms with Crippen molar-refractivity contribution in [2.45, 2.75) is 31.7 Å². The van der Waals surface area contributed by atoms with E-state index in [1.165, 1.54) is 0 Å². The van der Waals surface area contributed by atoms with Gasteiger partial charge in [0.05, 0.1) is 4.90 Å². The third kappa shape index (κ3) is 3.43. The lowest BCUT2D eigenvalue weighted by Gasteiger charge is -2.17. The quantitative estimate of drug-likeness (QED) is 0.863. The van der Waals surface area contributed by atoms with Crippen LogP contribution in [0, 0.1) is 20.8 Å². The molecule has 22 heavy (non-hydrogen) atoms. The van der Waals surface area contributed by atoms with Gasteiger partial charge in [0.2, 0.25) is 10.0 Å². The van der Waals surface area contributed by atoms with Gasteiger partial charge >= 0.3 is 0 Å². The van der Waals surface area contributed by atoms with Crippen LogP contribution >= 0.6 is 0 Å². The van der Waals surface area contributed by atoms with Crippen molar-refractivity contribution in [2.24, 2.45) is 0 Å². The SMILES string of the molecule is Cc1cc(C)c(S(=O)(=O)N[C@H](C=O)c2ccccc2)c(C)c1. The third-order valence-electron chi connectivity index (χ3n) is 3.45. The van der Waals surface area contributed by atoms with Gasteiger partial charge < -0.3 is 4.79 Å². The number of hydrogen-bond donors (Lipinski definition) is 1. The highest BCUT2D eigenvalue weighted by Crippen LogP contribution is 2.23. The first-order chi connectivity index (χ1) is 10.3. The van der Waals surface area contributed by atoms with E-state index < -0.39 is 16.1 Å². The van der Waals surface area contributed by atoms with E-state index in [2.05, 4.69) is 4.72 Å². The lowest BCUT2D eigenvalue weighted by atomic mass is 10.1. The average Bonchev–Trinajstić information content (AvgIpc) is 2.44. The summed E-state index contributed by atoms with van der Waals surface area (Å²) in [5, 5.41) is 0. The second-order valence-electron chi connectivity index (χ2n) is 5.37. The minimum atomic E-state index is -3.78. The van der Waals surface area contributed by atoms with E-state index >= 15 is 0 Å². The number of carbonyl (C=O) groups excluding carboxylic acids is 1. The summed E-state index contributed by atoms with van der Waals surface area (Å²) < 4.78 is 27.8. The molecular formula is C17H19NO3S. The van der Waals surface area contributed by atoms with Gasteiger partial charge in [-0.3, -0.25) is 0 Å². The summed E-state index contributed by atoms with van der Waals surface area (Å²) in [6.45, 7) is 5.43. The number of sulfonamides is 1. The normalized spacial score (nSPS) is 12.9. The number of aldehydes is 1. The van der Waals surface area contributed by atoms with E-state index in [0.717, 1.165) is 5.56 Å². The number of carbonyl (C=O) groups is 1. The Hall–Kier alpha value is -1.98. The second-order valence-corrected chi connectivity index (χ2v) is 7.02. The first-order valence-corrected chi connectivity index (χ1v) is 8.44. The molecule has 0 amide bonds. The standard InChI is InChI=1S/C17H19NO3S/c1-12-9-13(2)17(14(3)10-12)22(20,21)18-16(11-19)15-7-5-4-6-8-15/h4-11,16,18H,1-3H3/t16-/m1/s1. The van der Waals surface area contributed by atoms with E-state index in [1.807, 2.05) is 25.1 Å². The summed E-state index contributed by atoms with van der Waals surface area (Å²) in [4.78, 5) is 11.5. The molecule has 0 fully saturated rings. The van der Waals surface area contributed by atoms with Crippen LogP contribution in [0.5, 0.6) is 0 Å². The first-order valence-electron chi connectivity index (χ1n) is 6.95. The topological polar surface area (TPSA) is 63.2 Å². The van der Waals surface area contributed by atoms with Crippen LogP contribution in [-0.4, -0.2) is 14.7 Å². The number of aryl methyl sites for hydroxylation is 3. The summed E-state index contributed by atoms with van der Waals surface area (Å²) in [5.41, 5.74) is 2.96. The molecule has 2 aromatic rings. The van der Waals surface area contributed by atoms with Crippen molar-refractivity contribution < 1.29 is 13.2 Å². The fraction of sp³-hybridized carbons (Fsp3) is 0.235. The van der Waals surface area contributed by atoms with Crippen molar-refractivity contribution in [3.63, 3.8) is 0 Å². The van der Waals surface area contributed by atoms with Crippen molar-refractivity contribution >= 4 is 16.3 Å². The van der Waals surface area contributed by atoms with Crippen LogP contribution in [0.4, 0.5) is 0 Å². The summed E-state index contributed by atoms with van der Waals surface area (Å²) in [5.74, 6) is 0. The molecule has 0 spiro atoms. The van der Waals surface area contributed by atoms with Gasteiger partial charge in [-0.15, -0.1) is 0 Å². The molecule has 0 unspecified atom stereocenters. The minimum Gasteiger partial charge on any atom is -0.301 e. The molecule has 0 saturated carbocycles. The molecule has 1 N–H and O–H groups in total. The zero-order chi connectivity index (χ0) is 16.3. The van der Waals surface area contributed by atoms with E-state index in [-0.39, 0.29) is 4.90 Å². The van der Waals surface area contributed by atoms with Crippen LogP contribution < -0.4 is 4.72 Å². The number of benzene rings is 2. The number of rotatable bonds is 5. The van der Waals surface area contributed by atoms with Crippen molar-refractivity contribution in [3.05, 3.63) is 64.7 Å². The minimum absolute atomic E-state index is 0.237. The van der Waals surface area contributed by atoms with Gasteiger partial charge in [0.15, 0.2) is 0 Å². The Morgan fingerprint density at radius 3 is 2.05 bits per heavy atom. The van der Waals surface area contributed by atoms with Crippen LogP contribution in [-0.2, 0) is 14.8 Å². The Bertz CT molecular complexity index is 760. The number of nitrogens with one attached hydrogen (secondary N) is 1. The van der Waals surface area contributed by atoms with Crippen molar-refractivity contribution in [1.82, 2.24) is 4.72 Å². The van der Waals surface area contributed by atoms with Crippen LogP contribution in [0.3, 0.4) is 0 Å². The molecule has 0 aliphatic rings. The third-order valence-corrected chi connectivity index (χ3v) is 5.20. The Morgan fingerprint density at radius 2 is 1.55 bits per heavy atom. The zero-order valence-corrected chi connectivity index (χ0v) is 13.6. The van der Waals surface area contributed by atoms with Crippen LogP contribution in [0.1, 0.15) is 28.3 Å². The fourth-order valence-electron chi connectivity index (χ4n) is 2.65. The summed E-state index contributed by atoms with van der Waals surface area (Å²) in [7, 11) is -3.78. The first kappa shape index (κ1) is 16.4. The highest BCUT2D eigenvalue weighted by molar-refractivity contribution is 7.89. The van der Waals surface area contributed by atoms with Gasteiger partial charge in [-0.2, -0.15) is 4.72 Å². The van der Waals surface area contributed by atoms with Gasteiger partial charge in [-0.1, -0.05) is 48.0 Å². The molecule has 2 aromatic carbocycles. The van der Waals surface area contributed by atoms with Crippen molar-refractivity contribution in [2.75, 3.05) is 0 Å². The summed E-state index contributed by atoms with van der Waals surface area (Å²) in [6, 6.07) is 11.5. The molecule has 116 valence electrons. The Balaban J connectivity index is 2.41. The highest BCUT2D eigenvalue weighted by atomic mass is 32.2. The Labute approximate surface area is 131 Å². The predicted octanol–water partition coefficient (Wildman–Crippen LogP) is 2.83. The van der Waals surface area contributed by atoms with Gasteiger partial charge in [0, 0.05) is 0 Å². The summed E-state index contributed by atoms with van der Waals surface area (Å²) >= 11 is 0. The summed E-state index contributed by atoms with van der Waals surface area (Å²) in [6.07, 6.45) is 0.603. The zero-order valence-electron chi connectivity index (χ0n) is 12.8. The van der Waals surface area contributed by atoms with Gasteiger partial charge in [0.1, 0.15) is 12.3 Å². The van der Waals surface area contributed by atoms with E-state index in [0.29, 0.717) is 23.0 Å². The number of hydrogen-bond acceptors (Lipinski definition) is 3. The van der Waals surface area contributed by atoms with Crippen molar-refractivity contribution in [3.8, 4) is 0 Å². The van der Waals surface area contributed by atoms with Crippen LogP contribution in [0.25, 0.3) is 0 Å². The molecule has 1 atom stereocenters. The molecule has 2 rings (SSSR count). The molecule has 5 heteroatoms. The van der Waals surface area contributed by atoms with Gasteiger partial charge in [-0.25, -0.2) is 8.42 Å². The molecule has 0 radical (unpaired) electrons. The maximum absolute atomic E-state index is 12.7. The van der Waals surface area contributed by atoms with Crippen LogP contribution in [0.15, 0.2) is 47.4 Å². The highest BCUT2D eigenvalue weighted by Gasteiger charge is 2.24. The monoisotopic (exact) mass is 317 g/mol. The van der Waals surface area contributed by atoms with Crippen LogP contribution in [0.2, 0.25) is 0 Å². The lowest BCUT2D eigenvalue weighted by Crippen LogP contribution is -2.30. The molecule has 0 aromatic heterocycles. The fourth-order valence-corrected chi connectivity index (χ4v) is 4.26. The maximum Gasteiger partial charge on any atom is 0.242 e. The van der Waals surface area contributed by atoms with Gasteiger partial charge in [-0.05, 0) is 37.5 Å².